The zero-order valence-electron chi connectivity index (χ0n) is 11.5. The van der Waals surface area contributed by atoms with Crippen LogP contribution in [0.1, 0.15) is 5.56 Å². The molecule has 0 nitrogen and oxygen atoms in total. The van der Waals surface area contributed by atoms with E-state index in [1.165, 1.54) is 45.9 Å². The van der Waals surface area contributed by atoms with Gasteiger partial charge < -0.3 is 0 Å². The summed E-state index contributed by atoms with van der Waals surface area (Å²) in [5.41, 5.74) is 1.36. The van der Waals surface area contributed by atoms with E-state index in [4.69, 9.17) is 0 Å². The van der Waals surface area contributed by atoms with Crippen LogP contribution in [0.3, 0.4) is 0 Å². The molecular formula is C19H12S2. The highest BCUT2D eigenvalue weighted by molar-refractivity contribution is 7.29. The fourth-order valence-corrected chi connectivity index (χ4v) is 5.67. The lowest BCUT2D eigenvalue weighted by atomic mass is 10.0. The van der Waals surface area contributed by atoms with Crippen LogP contribution >= 0.6 is 22.7 Å². The molecule has 2 aromatic heterocycles. The van der Waals surface area contributed by atoms with Gasteiger partial charge >= 0.3 is 0 Å². The van der Waals surface area contributed by atoms with Crippen LogP contribution in [0.2, 0.25) is 0 Å². The second-order valence-electron chi connectivity index (χ2n) is 5.46. The Labute approximate surface area is 130 Å². The van der Waals surface area contributed by atoms with Crippen LogP contribution < -0.4 is 0 Å². The number of rotatable bonds is 0. The maximum absolute atomic E-state index is 2.27. The normalized spacial score (nSPS) is 12.0. The van der Waals surface area contributed by atoms with E-state index in [0.29, 0.717) is 0 Å². The van der Waals surface area contributed by atoms with Gasteiger partial charge in [-0.1, -0.05) is 36.4 Å². The molecular weight excluding hydrogens is 292 g/mol. The van der Waals surface area contributed by atoms with Crippen LogP contribution in [0.4, 0.5) is 0 Å². The van der Waals surface area contributed by atoms with Gasteiger partial charge in [0.2, 0.25) is 0 Å². The van der Waals surface area contributed by atoms with Crippen LogP contribution in [0.25, 0.3) is 40.3 Å². The smallest absolute Gasteiger partial charge is 0.0384 e. The third-order valence-corrected chi connectivity index (χ3v) is 6.62. The Morgan fingerprint density at radius 3 is 2.10 bits per heavy atom. The molecule has 3 aromatic carbocycles. The van der Waals surface area contributed by atoms with Crippen molar-refractivity contribution in [1.29, 1.82) is 0 Å². The molecule has 100 valence electrons. The van der Waals surface area contributed by atoms with Crippen molar-refractivity contribution >= 4 is 63.0 Å². The topological polar surface area (TPSA) is 0 Å². The van der Waals surface area contributed by atoms with Gasteiger partial charge in [-0.25, -0.2) is 0 Å². The van der Waals surface area contributed by atoms with E-state index in [2.05, 4.69) is 61.5 Å². The zero-order valence-corrected chi connectivity index (χ0v) is 13.1. The van der Waals surface area contributed by atoms with E-state index in [-0.39, 0.29) is 0 Å². The molecule has 0 radical (unpaired) electrons. The molecule has 5 aromatic rings. The van der Waals surface area contributed by atoms with Crippen molar-refractivity contribution in [3.05, 3.63) is 60.2 Å². The van der Waals surface area contributed by atoms with Gasteiger partial charge in [0, 0.05) is 29.6 Å². The average Bonchev–Trinajstić information content (AvgIpc) is 2.80. The molecule has 0 saturated heterocycles. The first-order valence-corrected chi connectivity index (χ1v) is 8.68. The Morgan fingerprint density at radius 1 is 0.619 bits per heavy atom. The summed E-state index contributed by atoms with van der Waals surface area (Å²) in [4.78, 5) is 0. The van der Waals surface area contributed by atoms with Gasteiger partial charge in [0.15, 0.2) is 0 Å². The Balaban J connectivity index is 2.31. The highest BCUT2D eigenvalue weighted by Crippen LogP contribution is 2.44. The van der Waals surface area contributed by atoms with Gasteiger partial charge in [-0.05, 0) is 41.5 Å². The second kappa shape index (κ2) is 4.06. The van der Waals surface area contributed by atoms with Gasteiger partial charge in [-0.15, -0.1) is 22.7 Å². The van der Waals surface area contributed by atoms with Crippen molar-refractivity contribution in [1.82, 2.24) is 0 Å². The van der Waals surface area contributed by atoms with Gasteiger partial charge in [0.1, 0.15) is 0 Å². The largest absolute Gasteiger partial charge is 0.135 e. The molecule has 0 aliphatic rings. The third-order valence-electron chi connectivity index (χ3n) is 4.20. The number of hydrogen-bond donors (Lipinski definition) is 0. The van der Waals surface area contributed by atoms with Gasteiger partial charge in [0.25, 0.3) is 0 Å². The van der Waals surface area contributed by atoms with Crippen molar-refractivity contribution in [2.24, 2.45) is 0 Å². The van der Waals surface area contributed by atoms with Crippen molar-refractivity contribution in [3.63, 3.8) is 0 Å². The first-order chi connectivity index (χ1) is 10.3. The molecule has 0 aliphatic heterocycles. The molecule has 0 amide bonds. The van der Waals surface area contributed by atoms with Crippen molar-refractivity contribution in [2.75, 3.05) is 0 Å². The molecule has 0 aliphatic carbocycles. The van der Waals surface area contributed by atoms with Gasteiger partial charge in [-0.2, -0.15) is 0 Å². The fourth-order valence-electron chi connectivity index (χ4n) is 3.25. The molecule has 0 unspecified atom stereocenters. The standard InChI is InChI=1S/C19H12S2/c1-11-5-2-7-13-12-6-3-8-14-17(12)18-15(20-14)9-4-10-16(18)21-19(11)13/h2-10H,1H3. The maximum atomic E-state index is 2.27. The monoisotopic (exact) mass is 304 g/mol. The Morgan fingerprint density at radius 2 is 1.24 bits per heavy atom. The van der Waals surface area contributed by atoms with E-state index < -0.39 is 0 Å². The number of aryl methyl sites for hydroxylation is 1. The van der Waals surface area contributed by atoms with E-state index in [0.717, 1.165) is 0 Å². The van der Waals surface area contributed by atoms with Crippen molar-refractivity contribution in [2.45, 2.75) is 6.92 Å². The summed E-state index contributed by atoms with van der Waals surface area (Å²) in [6, 6.07) is 20.1. The van der Waals surface area contributed by atoms with Gasteiger partial charge in [0.05, 0.1) is 0 Å². The Bertz CT molecular complexity index is 1140. The molecule has 0 saturated carbocycles. The highest BCUT2D eigenvalue weighted by Gasteiger charge is 2.13. The Kier molecular flexibility index (Phi) is 2.27. The van der Waals surface area contributed by atoms with Crippen LogP contribution in [0.15, 0.2) is 54.6 Å². The number of thiophene rings is 1. The van der Waals surface area contributed by atoms with Crippen molar-refractivity contribution < 1.29 is 0 Å². The minimum Gasteiger partial charge on any atom is -0.135 e. The lowest BCUT2D eigenvalue weighted by Crippen LogP contribution is -1.74. The van der Waals surface area contributed by atoms with Crippen molar-refractivity contribution in [3.8, 4) is 0 Å². The lowest BCUT2D eigenvalue weighted by molar-refractivity contribution is 1.56. The molecule has 0 N–H and O–H groups in total. The van der Waals surface area contributed by atoms with Gasteiger partial charge in [-0.3, -0.25) is 0 Å². The molecule has 21 heavy (non-hydrogen) atoms. The average molecular weight is 304 g/mol. The van der Waals surface area contributed by atoms with Crippen LogP contribution in [-0.4, -0.2) is 0 Å². The van der Waals surface area contributed by atoms with Crippen LogP contribution in [-0.2, 0) is 0 Å². The lowest BCUT2D eigenvalue weighted by Gasteiger charge is -2.00. The quantitative estimate of drug-likeness (QED) is 0.297. The summed E-state index contributed by atoms with van der Waals surface area (Å²) in [6.45, 7) is 2.21. The summed E-state index contributed by atoms with van der Waals surface area (Å²) in [5, 5.41) is 5.63. The zero-order chi connectivity index (χ0) is 14.0. The number of benzene rings is 3. The SMILES string of the molecule is Cc1cccc2c1sc1cccc3sc4cccc2c4c31. The number of hydrogen-bond acceptors (Lipinski definition) is 2. The maximum Gasteiger partial charge on any atom is 0.0384 e. The van der Waals surface area contributed by atoms with Crippen LogP contribution in [0.5, 0.6) is 0 Å². The molecule has 2 heteroatoms. The summed E-state index contributed by atoms with van der Waals surface area (Å²) in [7, 11) is 0. The minimum atomic E-state index is 1.36. The summed E-state index contributed by atoms with van der Waals surface area (Å²) in [6.07, 6.45) is 0. The third kappa shape index (κ3) is 1.49. The van der Waals surface area contributed by atoms with E-state index in [1.54, 1.807) is 0 Å². The Hall–Kier alpha value is -1.90. The molecule has 2 heterocycles. The first kappa shape index (κ1) is 11.7. The van der Waals surface area contributed by atoms with Crippen LogP contribution in [0, 0.1) is 6.92 Å². The fraction of sp³-hybridized carbons (Fsp3) is 0.0526. The first-order valence-electron chi connectivity index (χ1n) is 7.05. The summed E-state index contributed by atoms with van der Waals surface area (Å²) >= 11 is 3.83. The van der Waals surface area contributed by atoms with E-state index in [1.807, 2.05) is 22.7 Å². The summed E-state index contributed by atoms with van der Waals surface area (Å²) < 4.78 is 5.58. The number of fused-ring (bicyclic) bond motifs is 2. The molecule has 0 atom stereocenters. The minimum absolute atomic E-state index is 1.36. The summed E-state index contributed by atoms with van der Waals surface area (Å²) in [5.74, 6) is 0. The predicted octanol–water partition coefficient (Wildman–Crippen LogP) is 6.73. The molecule has 0 fully saturated rings. The second-order valence-corrected chi connectivity index (χ2v) is 7.60. The molecule has 0 spiro atoms. The molecule has 0 bridgehead atoms. The predicted molar refractivity (Wildman–Crippen MR) is 97.0 cm³/mol. The molecule has 5 rings (SSSR count). The highest BCUT2D eigenvalue weighted by atomic mass is 32.1. The van der Waals surface area contributed by atoms with E-state index in [9.17, 15) is 0 Å². The van der Waals surface area contributed by atoms with E-state index >= 15 is 0 Å².